The minimum absolute atomic E-state index is 0.0759. The van der Waals surface area contributed by atoms with Crippen molar-refractivity contribution in [3.05, 3.63) is 78.9 Å². The van der Waals surface area contributed by atoms with Gasteiger partial charge in [0.25, 0.3) is 10.0 Å². The second kappa shape index (κ2) is 12.3. The summed E-state index contributed by atoms with van der Waals surface area (Å²) < 4.78 is 38.8. The molecule has 9 heteroatoms. The highest BCUT2D eigenvalue weighted by molar-refractivity contribution is 7.99. The van der Waals surface area contributed by atoms with E-state index in [2.05, 4.69) is 5.32 Å². The molecule has 1 amide bonds. The summed E-state index contributed by atoms with van der Waals surface area (Å²) in [4.78, 5) is 14.0. The molecule has 0 atom stereocenters. The van der Waals surface area contributed by atoms with Crippen molar-refractivity contribution in [2.45, 2.75) is 16.2 Å². The van der Waals surface area contributed by atoms with Crippen LogP contribution in [0.5, 0.6) is 11.5 Å². The average molecular weight is 501 g/mol. The van der Waals surface area contributed by atoms with Gasteiger partial charge < -0.3 is 14.8 Å². The van der Waals surface area contributed by atoms with Gasteiger partial charge in [0.05, 0.1) is 24.8 Å². The lowest BCUT2D eigenvalue weighted by Crippen LogP contribution is -2.41. The van der Waals surface area contributed by atoms with Crippen LogP contribution in [0.25, 0.3) is 0 Å². The van der Waals surface area contributed by atoms with Crippen LogP contribution >= 0.6 is 11.8 Å². The fourth-order valence-corrected chi connectivity index (χ4v) is 5.52. The summed E-state index contributed by atoms with van der Waals surface area (Å²) in [5.74, 6) is 1.18. The Morgan fingerprint density at radius 2 is 1.62 bits per heavy atom. The summed E-state index contributed by atoms with van der Waals surface area (Å²) in [5, 5.41) is 2.83. The van der Waals surface area contributed by atoms with Crippen LogP contribution in [0, 0.1) is 0 Å². The number of sulfonamides is 1. The van der Waals surface area contributed by atoms with E-state index in [-0.39, 0.29) is 10.6 Å². The zero-order chi connectivity index (χ0) is 24.4. The number of anilines is 1. The third-order valence-electron chi connectivity index (χ3n) is 4.93. The van der Waals surface area contributed by atoms with Crippen molar-refractivity contribution in [1.29, 1.82) is 0 Å². The molecule has 0 aliphatic heterocycles. The second-order valence-electron chi connectivity index (χ2n) is 7.23. The number of methoxy groups -OCH3 is 2. The molecule has 180 valence electrons. The molecule has 3 aromatic carbocycles. The largest absolute Gasteiger partial charge is 0.497 e. The normalized spacial score (nSPS) is 11.0. The lowest BCUT2D eigenvalue weighted by molar-refractivity contribution is -0.119. The smallest absolute Gasteiger partial charge is 0.264 e. The van der Waals surface area contributed by atoms with Gasteiger partial charge in [0.1, 0.15) is 18.0 Å². The maximum atomic E-state index is 13.5. The SMILES string of the molecule is COc1ccc(OC)c(N(CC(=O)NCCCSc2ccccc2)S(=O)(=O)c2ccccc2)c1. The van der Waals surface area contributed by atoms with Crippen molar-refractivity contribution in [2.24, 2.45) is 0 Å². The fraction of sp³-hybridized carbons (Fsp3) is 0.240. The van der Waals surface area contributed by atoms with E-state index >= 15 is 0 Å². The fourth-order valence-electron chi connectivity index (χ4n) is 3.20. The molecule has 0 fully saturated rings. The molecule has 0 aromatic heterocycles. The van der Waals surface area contributed by atoms with Crippen molar-refractivity contribution in [3.63, 3.8) is 0 Å². The van der Waals surface area contributed by atoms with Gasteiger partial charge >= 0.3 is 0 Å². The van der Waals surface area contributed by atoms with Gasteiger partial charge in [0, 0.05) is 17.5 Å². The van der Waals surface area contributed by atoms with E-state index < -0.39 is 22.5 Å². The molecule has 0 spiro atoms. The van der Waals surface area contributed by atoms with Gasteiger partial charge in [0.15, 0.2) is 0 Å². The molecule has 1 N–H and O–H groups in total. The van der Waals surface area contributed by atoms with E-state index in [1.807, 2.05) is 30.3 Å². The predicted octanol–water partition coefficient (Wildman–Crippen LogP) is 4.20. The number of amides is 1. The summed E-state index contributed by atoms with van der Waals surface area (Å²) in [6, 6.07) is 22.8. The Labute approximate surface area is 205 Å². The molecule has 0 bridgehead atoms. The highest BCUT2D eigenvalue weighted by Gasteiger charge is 2.29. The number of carbonyl (C=O) groups is 1. The molecule has 0 saturated heterocycles. The van der Waals surface area contributed by atoms with Gasteiger partial charge in [-0.1, -0.05) is 36.4 Å². The van der Waals surface area contributed by atoms with Crippen LogP contribution in [0.1, 0.15) is 6.42 Å². The molecule has 0 saturated carbocycles. The Balaban J connectivity index is 1.75. The number of hydrogen-bond acceptors (Lipinski definition) is 6. The van der Waals surface area contributed by atoms with Gasteiger partial charge in [0.2, 0.25) is 5.91 Å². The van der Waals surface area contributed by atoms with Gasteiger partial charge in [-0.2, -0.15) is 0 Å². The van der Waals surface area contributed by atoms with Crippen LogP contribution in [0.2, 0.25) is 0 Å². The van der Waals surface area contributed by atoms with Crippen molar-refractivity contribution < 1.29 is 22.7 Å². The van der Waals surface area contributed by atoms with E-state index in [4.69, 9.17) is 9.47 Å². The molecular formula is C25H28N2O5S2. The Hall–Kier alpha value is -3.17. The quantitative estimate of drug-likeness (QED) is 0.296. The molecule has 3 aromatic rings. The Morgan fingerprint density at radius 1 is 0.941 bits per heavy atom. The molecule has 0 heterocycles. The lowest BCUT2D eigenvalue weighted by Gasteiger charge is -2.26. The van der Waals surface area contributed by atoms with Crippen LogP contribution < -0.4 is 19.1 Å². The van der Waals surface area contributed by atoms with Crippen LogP contribution in [-0.4, -0.2) is 47.4 Å². The van der Waals surface area contributed by atoms with Crippen molar-refractivity contribution in [1.82, 2.24) is 5.32 Å². The zero-order valence-corrected chi connectivity index (χ0v) is 20.8. The van der Waals surface area contributed by atoms with E-state index in [1.54, 1.807) is 48.2 Å². The number of thioether (sulfide) groups is 1. The molecule has 3 rings (SSSR count). The summed E-state index contributed by atoms with van der Waals surface area (Å²) in [6.45, 7) is 0.0414. The van der Waals surface area contributed by atoms with Crippen LogP contribution in [0.4, 0.5) is 5.69 Å². The topological polar surface area (TPSA) is 84.9 Å². The van der Waals surface area contributed by atoms with Gasteiger partial charge in [-0.25, -0.2) is 8.42 Å². The maximum Gasteiger partial charge on any atom is 0.264 e. The van der Waals surface area contributed by atoms with E-state index in [9.17, 15) is 13.2 Å². The van der Waals surface area contributed by atoms with Crippen molar-refractivity contribution >= 4 is 33.4 Å². The number of carbonyl (C=O) groups excluding carboxylic acids is 1. The number of hydrogen-bond donors (Lipinski definition) is 1. The highest BCUT2D eigenvalue weighted by atomic mass is 32.2. The molecule has 0 aliphatic carbocycles. The third kappa shape index (κ3) is 6.68. The lowest BCUT2D eigenvalue weighted by atomic mass is 10.2. The maximum absolute atomic E-state index is 13.5. The monoisotopic (exact) mass is 500 g/mol. The van der Waals surface area contributed by atoms with Gasteiger partial charge in [-0.05, 0) is 48.6 Å². The predicted molar refractivity (Wildman–Crippen MR) is 135 cm³/mol. The average Bonchev–Trinajstić information content (AvgIpc) is 2.87. The first-order valence-electron chi connectivity index (χ1n) is 10.7. The molecule has 0 aliphatic rings. The number of benzene rings is 3. The first kappa shape index (κ1) is 25.5. The number of ether oxygens (including phenoxy) is 2. The van der Waals surface area contributed by atoms with E-state index in [1.165, 1.54) is 31.2 Å². The number of nitrogens with one attached hydrogen (secondary N) is 1. The summed E-state index contributed by atoms with van der Waals surface area (Å²) >= 11 is 1.71. The van der Waals surface area contributed by atoms with Gasteiger partial charge in [-0.15, -0.1) is 11.8 Å². The number of nitrogens with zero attached hydrogens (tertiary/aromatic N) is 1. The molecule has 0 radical (unpaired) electrons. The summed E-state index contributed by atoms with van der Waals surface area (Å²) in [7, 11) is -1.11. The van der Waals surface area contributed by atoms with Gasteiger partial charge in [-0.3, -0.25) is 9.10 Å². The standard InChI is InChI=1S/C25H28N2O5S2/c1-31-20-14-15-24(32-2)23(18-20)27(34(29,30)22-12-7-4-8-13-22)19-25(28)26-16-9-17-33-21-10-5-3-6-11-21/h3-8,10-15,18H,9,16-17,19H2,1-2H3,(H,26,28). The summed E-state index contributed by atoms with van der Waals surface area (Å²) in [5.41, 5.74) is 0.223. The first-order valence-corrected chi connectivity index (χ1v) is 13.1. The second-order valence-corrected chi connectivity index (χ2v) is 10.3. The Kier molecular flexibility index (Phi) is 9.24. The highest BCUT2D eigenvalue weighted by Crippen LogP contribution is 2.35. The molecule has 7 nitrogen and oxygen atoms in total. The summed E-state index contributed by atoms with van der Waals surface area (Å²) in [6.07, 6.45) is 0.749. The Bertz CT molecular complexity index is 1170. The zero-order valence-electron chi connectivity index (χ0n) is 19.1. The van der Waals surface area contributed by atoms with Crippen LogP contribution in [-0.2, 0) is 14.8 Å². The van der Waals surface area contributed by atoms with Crippen LogP contribution in [0.3, 0.4) is 0 Å². The molecule has 0 unspecified atom stereocenters. The van der Waals surface area contributed by atoms with Crippen molar-refractivity contribution in [2.75, 3.05) is 37.4 Å². The van der Waals surface area contributed by atoms with Crippen molar-refractivity contribution in [3.8, 4) is 11.5 Å². The third-order valence-corrected chi connectivity index (χ3v) is 7.80. The van der Waals surface area contributed by atoms with E-state index in [0.717, 1.165) is 16.5 Å². The minimum Gasteiger partial charge on any atom is -0.497 e. The van der Waals surface area contributed by atoms with Crippen LogP contribution in [0.15, 0.2) is 88.7 Å². The molecular weight excluding hydrogens is 472 g/mol. The Morgan fingerprint density at radius 3 is 2.26 bits per heavy atom. The molecule has 34 heavy (non-hydrogen) atoms. The first-order chi connectivity index (χ1) is 16.5. The number of rotatable bonds is 12. The van der Waals surface area contributed by atoms with E-state index in [0.29, 0.717) is 18.0 Å². The minimum atomic E-state index is -4.05.